The zero-order chi connectivity index (χ0) is 13.3. The largest absolute Gasteiger partial charge is 0.481 e. The molecule has 0 heterocycles. The summed E-state index contributed by atoms with van der Waals surface area (Å²) in [5.74, 6) is -2.28. The summed E-state index contributed by atoms with van der Waals surface area (Å²) in [5, 5.41) is 11.2. The lowest BCUT2D eigenvalue weighted by Crippen LogP contribution is -2.40. The Bertz CT molecular complexity index is 319. The summed E-state index contributed by atoms with van der Waals surface area (Å²) in [5.41, 5.74) is 0. The van der Waals surface area contributed by atoms with Crippen molar-refractivity contribution in [1.29, 1.82) is 0 Å². The fraction of sp³-hybridized carbons (Fsp3) is 0.917. The van der Waals surface area contributed by atoms with E-state index in [2.05, 4.69) is 5.32 Å². The van der Waals surface area contributed by atoms with Crippen LogP contribution < -0.4 is 5.32 Å². The summed E-state index contributed by atoms with van der Waals surface area (Å²) in [6, 6.07) is 0. The third kappa shape index (κ3) is 2.96. The third-order valence-electron chi connectivity index (χ3n) is 4.33. The van der Waals surface area contributed by atoms with E-state index in [1.54, 1.807) is 0 Å². The van der Waals surface area contributed by atoms with Crippen LogP contribution in [-0.4, -0.2) is 30.3 Å². The molecular weight excluding hydrogens is 247 g/mol. The quantitative estimate of drug-likeness (QED) is 0.801. The van der Waals surface area contributed by atoms with Gasteiger partial charge in [-0.15, -0.1) is 0 Å². The molecule has 0 aromatic carbocycles. The van der Waals surface area contributed by atoms with Gasteiger partial charge in [-0.3, -0.25) is 4.79 Å². The number of rotatable bonds is 5. The van der Waals surface area contributed by atoms with Gasteiger partial charge in [0.25, 0.3) is 0 Å². The van der Waals surface area contributed by atoms with Crippen LogP contribution in [0.5, 0.6) is 0 Å². The SMILES string of the molecule is O=C(O)C(CNCC1CC2CCC1C2)C(F)(F)F. The molecule has 2 aliphatic carbocycles. The minimum absolute atomic E-state index is 0.437. The summed E-state index contributed by atoms with van der Waals surface area (Å²) in [6.45, 7) is -0.00620. The average Bonchev–Trinajstić information content (AvgIpc) is 2.83. The van der Waals surface area contributed by atoms with E-state index in [1.165, 1.54) is 19.3 Å². The molecule has 18 heavy (non-hydrogen) atoms. The highest BCUT2D eigenvalue weighted by Crippen LogP contribution is 2.47. The molecule has 2 N–H and O–H groups in total. The fourth-order valence-corrected chi connectivity index (χ4v) is 3.38. The highest BCUT2D eigenvalue weighted by Gasteiger charge is 2.45. The van der Waals surface area contributed by atoms with Crippen LogP contribution in [0.25, 0.3) is 0 Å². The maximum absolute atomic E-state index is 12.4. The van der Waals surface area contributed by atoms with E-state index in [4.69, 9.17) is 5.11 Å². The molecule has 2 aliphatic rings. The lowest BCUT2D eigenvalue weighted by atomic mass is 9.89. The van der Waals surface area contributed by atoms with Crippen molar-refractivity contribution >= 4 is 5.97 Å². The van der Waals surface area contributed by atoms with E-state index in [0.717, 1.165) is 12.3 Å². The number of carboxylic acid groups (broad SMARTS) is 1. The van der Waals surface area contributed by atoms with E-state index in [0.29, 0.717) is 18.4 Å². The Hall–Kier alpha value is -0.780. The minimum Gasteiger partial charge on any atom is -0.481 e. The van der Waals surface area contributed by atoms with Crippen molar-refractivity contribution in [2.75, 3.05) is 13.1 Å². The number of hydrogen-bond acceptors (Lipinski definition) is 2. The van der Waals surface area contributed by atoms with Gasteiger partial charge < -0.3 is 10.4 Å². The molecule has 2 rings (SSSR count). The average molecular weight is 265 g/mol. The summed E-state index contributed by atoms with van der Waals surface area (Å²) >= 11 is 0. The van der Waals surface area contributed by atoms with Gasteiger partial charge in [0.15, 0.2) is 5.92 Å². The first kappa shape index (κ1) is 13.6. The smallest absolute Gasteiger partial charge is 0.403 e. The van der Waals surface area contributed by atoms with Gasteiger partial charge in [-0.1, -0.05) is 6.42 Å². The molecule has 0 aliphatic heterocycles. The van der Waals surface area contributed by atoms with Gasteiger partial charge in [0, 0.05) is 6.54 Å². The van der Waals surface area contributed by atoms with Crippen molar-refractivity contribution in [2.45, 2.75) is 31.9 Å². The Kier molecular flexibility index (Phi) is 3.84. The van der Waals surface area contributed by atoms with E-state index >= 15 is 0 Å². The standard InChI is InChI=1S/C12H18F3NO2/c13-12(14,15)10(11(17)18)6-16-5-9-4-7-1-2-8(9)3-7/h7-10,16H,1-6H2,(H,17,18). The number of carboxylic acids is 1. The van der Waals surface area contributed by atoms with E-state index in [1.807, 2.05) is 0 Å². The number of nitrogens with one attached hydrogen (secondary N) is 1. The molecule has 0 aromatic rings. The number of halogens is 3. The van der Waals surface area contributed by atoms with Crippen LogP contribution >= 0.6 is 0 Å². The van der Waals surface area contributed by atoms with Gasteiger partial charge in [0.2, 0.25) is 0 Å². The Morgan fingerprint density at radius 1 is 1.33 bits per heavy atom. The van der Waals surface area contributed by atoms with Gasteiger partial charge >= 0.3 is 12.1 Å². The van der Waals surface area contributed by atoms with E-state index in [-0.39, 0.29) is 0 Å². The molecule has 4 atom stereocenters. The number of hydrogen-bond donors (Lipinski definition) is 2. The topological polar surface area (TPSA) is 49.3 Å². The van der Waals surface area contributed by atoms with Gasteiger partial charge in [-0.2, -0.15) is 13.2 Å². The highest BCUT2D eigenvalue weighted by atomic mass is 19.4. The number of fused-ring (bicyclic) bond motifs is 2. The van der Waals surface area contributed by atoms with Crippen molar-refractivity contribution in [3.63, 3.8) is 0 Å². The highest BCUT2D eigenvalue weighted by molar-refractivity contribution is 5.71. The molecule has 0 radical (unpaired) electrons. The van der Waals surface area contributed by atoms with Crippen molar-refractivity contribution < 1.29 is 23.1 Å². The first-order valence-corrected chi connectivity index (χ1v) is 6.38. The lowest BCUT2D eigenvalue weighted by molar-refractivity contribution is -0.192. The molecule has 2 bridgehead atoms. The Morgan fingerprint density at radius 2 is 2.06 bits per heavy atom. The van der Waals surface area contributed by atoms with Crippen molar-refractivity contribution in [3.8, 4) is 0 Å². The number of aliphatic carboxylic acids is 1. The predicted molar refractivity (Wildman–Crippen MR) is 59.0 cm³/mol. The van der Waals surface area contributed by atoms with Crippen LogP contribution in [0.4, 0.5) is 13.2 Å². The number of carbonyl (C=O) groups is 1. The van der Waals surface area contributed by atoms with Crippen LogP contribution in [0.1, 0.15) is 25.7 Å². The first-order chi connectivity index (χ1) is 8.38. The second-order valence-electron chi connectivity index (χ2n) is 5.53. The first-order valence-electron chi connectivity index (χ1n) is 6.38. The van der Waals surface area contributed by atoms with Crippen LogP contribution in [-0.2, 0) is 4.79 Å². The normalized spacial score (nSPS) is 32.7. The summed E-state index contributed by atoms with van der Waals surface area (Å²) in [4.78, 5) is 10.5. The predicted octanol–water partition coefficient (Wildman–Crippen LogP) is 2.28. The zero-order valence-electron chi connectivity index (χ0n) is 10.0. The zero-order valence-corrected chi connectivity index (χ0v) is 10.0. The molecule has 6 heteroatoms. The molecule has 0 saturated heterocycles. The van der Waals surface area contributed by atoms with Crippen LogP contribution in [0, 0.1) is 23.7 Å². The van der Waals surface area contributed by atoms with Gasteiger partial charge in [-0.25, -0.2) is 0 Å². The Balaban J connectivity index is 1.75. The molecule has 0 aromatic heterocycles. The van der Waals surface area contributed by atoms with Crippen molar-refractivity contribution in [1.82, 2.24) is 5.32 Å². The van der Waals surface area contributed by atoms with Gasteiger partial charge in [0.05, 0.1) is 0 Å². The van der Waals surface area contributed by atoms with Crippen LogP contribution in [0.2, 0.25) is 0 Å². The monoisotopic (exact) mass is 265 g/mol. The maximum Gasteiger partial charge on any atom is 0.403 e. The molecule has 2 fully saturated rings. The summed E-state index contributed by atoms with van der Waals surface area (Å²) < 4.78 is 37.2. The molecule has 104 valence electrons. The Morgan fingerprint density at radius 3 is 2.50 bits per heavy atom. The lowest BCUT2D eigenvalue weighted by Gasteiger charge is -2.23. The molecule has 3 nitrogen and oxygen atoms in total. The summed E-state index contributed by atoms with van der Waals surface area (Å²) in [6.07, 6.45) is 0.0447. The molecule has 2 saturated carbocycles. The second kappa shape index (κ2) is 5.07. The fourth-order valence-electron chi connectivity index (χ4n) is 3.38. The van der Waals surface area contributed by atoms with Crippen molar-refractivity contribution in [2.24, 2.45) is 23.7 Å². The number of alkyl halides is 3. The van der Waals surface area contributed by atoms with Crippen LogP contribution in [0.3, 0.4) is 0 Å². The second-order valence-corrected chi connectivity index (χ2v) is 5.53. The van der Waals surface area contributed by atoms with Crippen molar-refractivity contribution in [3.05, 3.63) is 0 Å². The Labute approximate surface area is 104 Å². The molecule has 4 unspecified atom stereocenters. The molecule has 0 amide bonds. The van der Waals surface area contributed by atoms with Crippen LogP contribution in [0.15, 0.2) is 0 Å². The summed E-state index contributed by atoms with van der Waals surface area (Å²) in [7, 11) is 0. The van der Waals surface area contributed by atoms with Gasteiger partial charge in [-0.05, 0) is 43.6 Å². The third-order valence-corrected chi connectivity index (χ3v) is 4.33. The van der Waals surface area contributed by atoms with E-state index in [9.17, 15) is 18.0 Å². The molecular formula is C12H18F3NO2. The maximum atomic E-state index is 12.4. The minimum atomic E-state index is -4.67. The van der Waals surface area contributed by atoms with Gasteiger partial charge in [0.1, 0.15) is 0 Å². The molecule has 0 spiro atoms. The van der Waals surface area contributed by atoms with E-state index < -0.39 is 24.6 Å².